The molecule has 0 bridgehead atoms. The number of hydrogen-bond acceptors (Lipinski definition) is 5. The van der Waals surface area contributed by atoms with Crippen molar-refractivity contribution in [2.75, 3.05) is 10.6 Å². The molecule has 5 rings (SSSR count). The molecular weight excluding hydrogens is 456 g/mol. The molecule has 36 heavy (non-hydrogen) atoms. The number of aromatic carboxylic acids is 1. The number of nitrogens with zero attached hydrogens (tertiary/aromatic N) is 2. The average molecular weight is 485 g/mol. The third-order valence-corrected chi connectivity index (χ3v) is 6.99. The van der Waals surface area contributed by atoms with Crippen LogP contribution in [0.15, 0.2) is 59.9 Å². The molecule has 184 valence electrons. The van der Waals surface area contributed by atoms with Gasteiger partial charge in [0, 0.05) is 23.4 Å². The largest absolute Gasteiger partial charge is 0.478 e. The highest BCUT2D eigenvalue weighted by Crippen LogP contribution is 2.46. The molecule has 0 saturated carbocycles. The summed E-state index contributed by atoms with van der Waals surface area (Å²) in [5.74, 6) is -0.805. The van der Waals surface area contributed by atoms with Crippen molar-refractivity contribution < 1.29 is 19.5 Å². The van der Waals surface area contributed by atoms with Gasteiger partial charge in [-0.15, -0.1) is 0 Å². The summed E-state index contributed by atoms with van der Waals surface area (Å²) in [6.45, 7) is 8.10. The second-order valence-electron chi connectivity index (χ2n) is 10.4. The van der Waals surface area contributed by atoms with Crippen LogP contribution in [0, 0.1) is 19.3 Å². The lowest BCUT2D eigenvalue weighted by Gasteiger charge is -2.39. The second kappa shape index (κ2) is 8.48. The van der Waals surface area contributed by atoms with Crippen LogP contribution < -0.4 is 10.6 Å². The first-order valence-electron chi connectivity index (χ1n) is 11.9. The lowest BCUT2D eigenvalue weighted by Crippen LogP contribution is -2.37. The Morgan fingerprint density at radius 2 is 1.81 bits per heavy atom. The van der Waals surface area contributed by atoms with Crippen molar-refractivity contribution in [3.05, 3.63) is 87.7 Å². The number of ketones is 1. The van der Waals surface area contributed by atoms with Crippen molar-refractivity contribution in [3.63, 3.8) is 0 Å². The summed E-state index contributed by atoms with van der Waals surface area (Å²) in [4.78, 5) is 38.0. The van der Waals surface area contributed by atoms with Crippen LogP contribution in [0.25, 0.3) is 0 Å². The van der Waals surface area contributed by atoms with Crippen molar-refractivity contribution in [3.8, 4) is 0 Å². The molecule has 2 aromatic carbocycles. The lowest BCUT2D eigenvalue weighted by molar-refractivity contribution is -0.118. The van der Waals surface area contributed by atoms with Crippen LogP contribution in [0.3, 0.4) is 0 Å². The summed E-state index contributed by atoms with van der Waals surface area (Å²) in [6, 6.07) is 11.6. The standard InChI is InChI=1S/C28H28N4O4/c1-15-5-10-19(11-16(15)2)30-26(34)20-14-29-32-24(17-6-8-18(9-7-17)27(35)36)23-21(31-25(20)32)12-28(3,4)13-22(23)33/h5-11,14,24,31H,12-13H2,1-4H3,(H,30,34)(H,35,36)/t24-/m0/s1. The first-order chi connectivity index (χ1) is 17.0. The third-order valence-electron chi connectivity index (χ3n) is 6.99. The highest BCUT2D eigenvalue weighted by molar-refractivity contribution is 6.08. The molecule has 3 N–H and O–H groups in total. The fourth-order valence-electron chi connectivity index (χ4n) is 5.01. The van der Waals surface area contributed by atoms with E-state index in [1.54, 1.807) is 16.8 Å². The first kappa shape index (κ1) is 23.5. The molecule has 3 aromatic rings. The number of carboxylic acids is 1. The molecule has 2 aliphatic rings. The van der Waals surface area contributed by atoms with Crippen LogP contribution in [0.4, 0.5) is 11.5 Å². The normalized spacial score (nSPS) is 18.2. The van der Waals surface area contributed by atoms with Gasteiger partial charge in [-0.2, -0.15) is 5.10 Å². The number of anilines is 2. The Morgan fingerprint density at radius 1 is 1.08 bits per heavy atom. The van der Waals surface area contributed by atoms with Crippen molar-refractivity contribution in [1.82, 2.24) is 9.78 Å². The van der Waals surface area contributed by atoms with Crippen molar-refractivity contribution in [2.24, 2.45) is 5.41 Å². The monoisotopic (exact) mass is 484 g/mol. The number of carboxylic acid groups (broad SMARTS) is 1. The Labute approximate surface area is 209 Å². The molecule has 8 nitrogen and oxygen atoms in total. The molecule has 0 radical (unpaired) electrons. The molecule has 1 aliphatic carbocycles. The van der Waals surface area contributed by atoms with Gasteiger partial charge in [-0.05, 0) is 66.6 Å². The number of aromatic nitrogens is 2. The maximum atomic E-state index is 13.3. The maximum Gasteiger partial charge on any atom is 0.335 e. The summed E-state index contributed by atoms with van der Waals surface area (Å²) >= 11 is 0. The molecule has 1 amide bonds. The Bertz CT molecular complexity index is 1450. The molecule has 2 heterocycles. The number of rotatable bonds is 4. The average Bonchev–Trinajstić information content (AvgIpc) is 3.23. The Balaban J connectivity index is 1.58. The van der Waals surface area contributed by atoms with E-state index in [0.29, 0.717) is 35.5 Å². The van der Waals surface area contributed by atoms with Gasteiger partial charge in [0.1, 0.15) is 17.4 Å². The van der Waals surface area contributed by atoms with Crippen LogP contribution in [-0.2, 0) is 4.79 Å². The van der Waals surface area contributed by atoms with Gasteiger partial charge < -0.3 is 15.7 Å². The minimum absolute atomic E-state index is 0.0170. The van der Waals surface area contributed by atoms with Gasteiger partial charge >= 0.3 is 5.97 Å². The van der Waals surface area contributed by atoms with E-state index in [4.69, 9.17) is 0 Å². The van der Waals surface area contributed by atoms with Crippen molar-refractivity contribution in [1.29, 1.82) is 0 Å². The Morgan fingerprint density at radius 3 is 2.47 bits per heavy atom. The van der Waals surface area contributed by atoms with Crippen molar-refractivity contribution in [2.45, 2.75) is 46.6 Å². The summed E-state index contributed by atoms with van der Waals surface area (Å²) in [7, 11) is 0. The molecule has 0 saturated heterocycles. The van der Waals surface area contributed by atoms with Gasteiger partial charge in [0.15, 0.2) is 5.78 Å². The van der Waals surface area contributed by atoms with E-state index in [-0.39, 0.29) is 22.7 Å². The van der Waals surface area contributed by atoms with E-state index >= 15 is 0 Å². The highest BCUT2D eigenvalue weighted by atomic mass is 16.4. The number of aryl methyl sites for hydroxylation is 2. The van der Waals surface area contributed by atoms with E-state index in [0.717, 1.165) is 22.4 Å². The number of carbonyl (C=O) groups is 3. The molecular formula is C28H28N4O4. The zero-order valence-corrected chi connectivity index (χ0v) is 20.7. The van der Waals surface area contributed by atoms with E-state index in [2.05, 4.69) is 15.7 Å². The minimum atomic E-state index is -1.02. The highest BCUT2D eigenvalue weighted by Gasteiger charge is 2.42. The van der Waals surface area contributed by atoms with Gasteiger partial charge in [-0.1, -0.05) is 32.0 Å². The summed E-state index contributed by atoms with van der Waals surface area (Å²) in [5.41, 5.74) is 5.30. The number of nitrogens with one attached hydrogen (secondary N) is 2. The second-order valence-corrected chi connectivity index (χ2v) is 10.4. The van der Waals surface area contributed by atoms with Gasteiger partial charge in [-0.25, -0.2) is 9.48 Å². The number of Topliss-reactive ketones (excluding diaryl/α,β-unsaturated/α-hetero) is 1. The lowest BCUT2D eigenvalue weighted by atomic mass is 9.73. The predicted molar refractivity (Wildman–Crippen MR) is 136 cm³/mol. The number of carbonyl (C=O) groups excluding carboxylic acids is 2. The fraction of sp³-hybridized carbons (Fsp3) is 0.286. The van der Waals surface area contributed by atoms with E-state index < -0.39 is 12.0 Å². The van der Waals surface area contributed by atoms with Crippen LogP contribution in [0.1, 0.15) is 70.1 Å². The number of hydrogen-bond donors (Lipinski definition) is 3. The molecule has 1 aromatic heterocycles. The quantitative estimate of drug-likeness (QED) is 0.474. The maximum absolute atomic E-state index is 13.3. The third kappa shape index (κ3) is 4.08. The smallest absolute Gasteiger partial charge is 0.335 e. The van der Waals surface area contributed by atoms with E-state index in [1.807, 2.05) is 45.9 Å². The minimum Gasteiger partial charge on any atom is -0.478 e. The summed E-state index contributed by atoms with van der Waals surface area (Å²) < 4.78 is 1.65. The van der Waals surface area contributed by atoms with Crippen LogP contribution in [0.5, 0.6) is 0 Å². The Kier molecular flexibility index (Phi) is 5.54. The fourth-order valence-corrected chi connectivity index (χ4v) is 5.01. The van der Waals surface area contributed by atoms with Crippen LogP contribution in [0.2, 0.25) is 0 Å². The number of benzene rings is 2. The number of fused-ring (bicyclic) bond motifs is 1. The van der Waals surface area contributed by atoms with Gasteiger partial charge in [-0.3, -0.25) is 9.59 Å². The topological polar surface area (TPSA) is 113 Å². The zero-order valence-electron chi connectivity index (χ0n) is 20.7. The van der Waals surface area contributed by atoms with Gasteiger partial charge in [0.2, 0.25) is 0 Å². The molecule has 0 spiro atoms. The van der Waals surface area contributed by atoms with Crippen LogP contribution >= 0.6 is 0 Å². The van der Waals surface area contributed by atoms with E-state index in [1.165, 1.54) is 18.3 Å². The molecule has 8 heteroatoms. The molecule has 0 unspecified atom stereocenters. The number of amides is 1. The predicted octanol–water partition coefficient (Wildman–Crippen LogP) is 5.11. The van der Waals surface area contributed by atoms with Crippen molar-refractivity contribution >= 4 is 29.2 Å². The molecule has 0 fully saturated rings. The Hall–Kier alpha value is -4.20. The van der Waals surface area contributed by atoms with E-state index in [9.17, 15) is 19.5 Å². The summed E-state index contributed by atoms with van der Waals surface area (Å²) in [6.07, 6.45) is 2.54. The summed E-state index contributed by atoms with van der Waals surface area (Å²) in [5, 5.41) is 20.1. The van der Waals surface area contributed by atoms with Gasteiger partial charge in [0.05, 0.1) is 11.8 Å². The SMILES string of the molecule is Cc1ccc(NC(=O)c2cnn3c2NC2=C(C(=O)CC(C)(C)C2)[C@@H]3c2ccc(C(=O)O)cc2)cc1C. The first-order valence-corrected chi connectivity index (χ1v) is 11.9. The molecule has 1 aliphatic heterocycles. The van der Waals surface area contributed by atoms with Crippen LogP contribution in [-0.4, -0.2) is 32.5 Å². The zero-order chi connectivity index (χ0) is 25.8. The number of allylic oxidation sites excluding steroid dienone is 2. The molecule has 1 atom stereocenters. The van der Waals surface area contributed by atoms with Gasteiger partial charge in [0.25, 0.3) is 5.91 Å².